The van der Waals surface area contributed by atoms with Crippen molar-refractivity contribution >= 4 is 35.0 Å². The normalized spacial score (nSPS) is 10.1. The molecular weight excluding hydrogens is 330 g/mol. The first-order chi connectivity index (χ1) is 11.2. The van der Waals surface area contributed by atoms with E-state index in [0.29, 0.717) is 11.7 Å². The number of thioether (sulfide) groups is 1. The predicted molar refractivity (Wildman–Crippen MR) is 96.3 cm³/mol. The van der Waals surface area contributed by atoms with Crippen molar-refractivity contribution < 1.29 is 9.21 Å². The second kappa shape index (κ2) is 9.91. The lowest BCUT2D eigenvalue weighted by molar-refractivity contribution is -0.120. The Hall–Kier alpha value is -1.99. The van der Waals surface area contributed by atoms with Crippen LogP contribution in [-0.2, 0) is 11.3 Å². The number of hydrogen-bond donors (Lipinski definition) is 3. The SMILES string of the molecule is O=C(CNC(=S)NCCSc1ccccc1)NCc1ccco1. The Kier molecular flexibility index (Phi) is 7.48. The number of rotatable bonds is 8. The summed E-state index contributed by atoms with van der Waals surface area (Å²) in [5, 5.41) is 9.18. The second-order valence-electron chi connectivity index (χ2n) is 4.63. The second-order valence-corrected chi connectivity index (χ2v) is 6.20. The van der Waals surface area contributed by atoms with Crippen molar-refractivity contribution in [1.29, 1.82) is 0 Å². The smallest absolute Gasteiger partial charge is 0.239 e. The molecule has 0 atom stereocenters. The topological polar surface area (TPSA) is 66.3 Å². The number of hydrogen-bond acceptors (Lipinski definition) is 4. The third-order valence-corrected chi connectivity index (χ3v) is 4.15. The zero-order chi connectivity index (χ0) is 16.3. The van der Waals surface area contributed by atoms with E-state index >= 15 is 0 Å². The van der Waals surface area contributed by atoms with E-state index in [9.17, 15) is 4.79 Å². The Morgan fingerprint density at radius 1 is 1.09 bits per heavy atom. The minimum absolute atomic E-state index is 0.135. The van der Waals surface area contributed by atoms with Gasteiger partial charge < -0.3 is 20.4 Å². The molecule has 1 aromatic heterocycles. The molecule has 0 saturated carbocycles. The fraction of sp³-hybridized carbons (Fsp3) is 0.250. The molecule has 23 heavy (non-hydrogen) atoms. The number of amides is 1. The summed E-state index contributed by atoms with van der Waals surface area (Å²) in [6, 6.07) is 13.8. The Balaban J connectivity index is 1.51. The van der Waals surface area contributed by atoms with Crippen LogP contribution in [0.2, 0.25) is 0 Å². The van der Waals surface area contributed by atoms with Gasteiger partial charge in [-0.25, -0.2) is 0 Å². The van der Waals surface area contributed by atoms with Gasteiger partial charge in [-0.2, -0.15) is 0 Å². The van der Waals surface area contributed by atoms with Gasteiger partial charge in [-0.05, 0) is 36.5 Å². The maximum absolute atomic E-state index is 11.7. The predicted octanol–water partition coefficient (Wildman–Crippen LogP) is 2.15. The molecule has 2 rings (SSSR count). The van der Waals surface area contributed by atoms with Crippen molar-refractivity contribution in [2.75, 3.05) is 18.8 Å². The molecule has 3 N–H and O–H groups in total. The van der Waals surface area contributed by atoms with Crippen LogP contribution in [0.3, 0.4) is 0 Å². The molecule has 0 aliphatic heterocycles. The van der Waals surface area contributed by atoms with Gasteiger partial charge in [0.15, 0.2) is 5.11 Å². The van der Waals surface area contributed by atoms with Crippen LogP contribution >= 0.6 is 24.0 Å². The first kappa shape index (κ1) is 17.4. The molecule has 1 aromatic carbocycles. The molecule has 0 saturated heterocycles. The lowest BCUT2D eigenvalue weighted by Crippen LogP contribution is -2.42. The lowest BCUT2D eigenvalue weighted by Gasteiger charge is -2.10. The highest BCUT2D eigenvalue weighted by Crippen LogP contribution is 2.15. The summed E-state index contributed by atoms with van der Waals surface area (Å²) in [5.74, 6) is 1.48. The quantitative estimate of drug-likeness (QED) is 0.386. The first-order valence-corrected chi connectivity index (χ1v) is 8.62. The summed E-state index contributed by atoms with van der Waals surface area (Å²) >= 11 is 6.89. The van der Waals surface area contributed by atoms with E-state index in [2.05, 4.69) is 28.1 Å². The van der Waals surface area contributed by atoms with Gasteiger partial charge in [-0.15, -0.1) is 11.8 Å². The zero-order valence-electron chi connectivity index (χ0n) is 12.6. The van der Waals surface area contributed by atoms with Crippen LogP contribution in [0, 0.1) is 0 Å². The van der Waals surface area contributed by atoms with Crippen molar-refractivity contribution in [1.82, 2.24) is 16.0 Å². The van der Waals surface area contributed by atoms with Crippen molar-refractivity contribution in [2.45, 2.75) is 11.4 Å². The summed E-state index contributed by atoms with van der Waals surface area (Å²) in [5.41, 5.74) is 0. The Bertz CT molecular complexity index is 603. The maximum atomic E-state index is 11.7. The minimum Gasteiger partial charge on any atom is -0.467 e. The van der Waals surface area contributed by atoms with Gasteiger partial charge in [-0.3, -0.25) is 4.79 Å². The molecule has 7 heteroatoms. The van der Waals surface area contributed by atoms with Gasteiger partial charge >= 0.3 is 0 Å². The molecular formula is C16H19N3O2S2. The van der Waals surface area contributed by atoms with E-state index in [1.54, 1.807) is 24.1 Å². The number of carbonyl (C=O) groups is 1. The Morgan fingerprint density at radius 2 is 1.91 bits per heavy atom. The Labute approximate surface area is 145 Å². The van der Waals surface area contributed by atoms with Crippen LogP contribution < -0.4 is 16.0 Å². The van der Waals surface area contributed by atoms with Crippen LogP contribution in [0.5, 0.6) is 0 Å². The lowest BCUT2D eigenvalue weighted by atomic mass is 10.4. The molecule has 1 heterocycles. The molecule has 1 amide bonds. The zero-order valence-corrected chi connectivity index (χ0v) is 14.2. The summed E-state index contributed by atoms with van der Waals surface area (Å²) in [7, 11) is 0. The fourth-order valence-corrected chi connectivity index (χ4v) is 2.70. The van der Waals surface area contributed by atoms with Gasteiger partial charge in [0.25, 0.3) is 0 Å². The van der Waals surface area contributed by atoms with Crippen LogP contribution in [0.1, 0.15) is 5.76 Å². The largest absolute Gasteiger partial charge is 0.467 e. The van der Waals surface area contributed by atoms with E-state index < -0.39 is 0 Å². The highest BCUT2D eigenvalue weighted by atomic mass is 32.2. The van der Waals surface area contributed by atoms with Crippen LogP contribution in [0.25, 0.3) is 0 Å². The van der Waals surface area contributed by atoms with Crippen molar-refractivity contribution in [3.8, 4) is 0 Å². The van der Waals surface area contributed by atoms with Crippen molar-refractivity contribution in [3.63, 3.8) is 0 Å². The van der Waals surface area contributed by atoms with Gasteiger partial charge in [0.2, 0.25) is 5.91 Å². The standard InChI is InChI=1S/C16H19N3O2S2/c20-15(18-11-13-5-4-9-21-13)12-19-16(22)17-8-10-23-14-6-2-1-3-7-14/h1-7,9H,8,10-12H2,(H,18,20)(H2,17,19,22). The van der Waals surface area contributed by atoms with Crippen LogP contribution in [0.15, 0.2) is 58.0 Å². The van der Waals surface area contributed by atoms with E-state index in [1.165, 1.54) is 4.90 Å². The first-order valence-electron chi connectivity index (χ1n) is 7.22. The number of furan rings is 1. The number of nitrogens with one attached hydrogen (secondary N) is 3. The van der Waals surface area contributed by atoms with E-state index in [0.717, 1.165) is 18.1 Å². The van der Waals surface area contributed by atoms with Gasteiger partial charge in [0, 0.05) is 17.2 Å². The van der Waals surface area contributed by atoms with E-state index in [-0.39, 0.29) is 12.5 Å². The third kappa shape index (κ3) is 7.21. The third-order valence-electron chi connectivity index (χ3n) is 2.85. The molecule has 0 fully saturated rings. The van der Waals surface area contributed by atoms with Crippen molar-refractivity contribution in [2.24, 2.45) is 0 Å². The molecule has 0 bridgehead atoms. The number of thiocarbonyl (C=S) groups is 1. The molecule has 2 aromatic rings. The summed E-state index contributed by atoms with van der Waals surface area (Å²) in [6.07, 6.45) is 1.58. The van der Waals surface area contributed by atoms with Crippen LogP contribution in [0.4, 0.5) is 0 Å². The molecule has 0 aliphatic rings. The maximum Gasteiger partial charge on any atom is 0.239 e. The van der Waals surface area contributed by atoms with Crippen molar-refractivity contribution in [3.05, 3.63) is 54.5 Å². The number of carbonyl (C=O) groups excluding carboxylic acids is 1. The van der Waals surface area contributed by atoms with E-state index in [1.807, 2.05) is 24.3 Å². The van der Waals surface area contributed by atoms with Crippen LogP contribution in [-0.4, -0.2) is 29.9 Å². The monoisotopic (exact) mass is 349 g/mol. The average molecular weight is 349 g/mol. The Morgan fingerprint density at radius 3 is 2.65 bits per heavy atom. The van der Waals surface area contributed by atoms with Gasteiger partial charge in [0.05, 0.1) is 19.4 Å². The molecule has 0 radical (unpaired) electrons. The molecule has 0 spiro atoms. The van der Waals surface area contributed by atoms with Gasteiger partial charge in [0.1, 0.15) is 5.76 Å². The molecule has 122 valence electrons. The highest BCUT2D eigenvalue weighted by molar-refractivity contribution is 7.99. The van der Waals surface area contributed by atoms with Gasteiger partial charge in [-0.1, -0.05) is 18.2 Å². The highest BCUT2D eigenvalue weighted by Gasteiger charge is 2.03. The average Bonchev–Trinajstić information content (AvgIpc) is 3.09. The molecule has 0 unspecified atom stereocenters. The van der Waals surface area contributed by atoms with E-state index in [4.69, 9.17) is 16.6 Å². The molecule has 5 nitrogen and oxygen atoms in total. The molecule has 0 aliphatic carbocycles. The number of benzene rings is 1. The summed E-state index contributed by atoms with van der Waals surface area (Å²) < 4.78 is 5.14. The summed E-state index contributed by atoms with van der Waals surface area (Å²) in [4.78, 5) is 12.9. The fourth-order valence-electron chi connectivity index (χ4n) is 1.73. The summed E-state index contributed by atoms with van der Waals surface area (Å²) in [6.45, 7) is 1.25. The minimum atomic E-state index is -0.135.